The molecule has 0 spiro atoms. The monoisotopic (exact) mass is 270 g/mol. The van der Waals surface area contributed by atoms with Crippen molar-refractivity contribution in [3.63, 3.8) is 0 Å². The number of nitrogens with zero attached hydrogens (tertiary/aromatic N) is 2. The summed E-state index contributed by atoms with van der Waals surface area (Å²) in [6.07, 6.45) is 0. The quantitative estimate of drug-likeness (QED) is 0.775. The van der Waals surface area contributed by atoms with E-state index < -0.39 is 5.97 Å². The topological polar surface area (TPSA) is 63.1 Å². The second kappa shape index (κ2) is 4.44. The first-order valence-corrected chi connectivity index (χ1v) is 6.59. The minimum absolute atomic E-state index is 0.262. The fraction of sp³-hybridized carbons (Fsp3) is 0.0714. The molecule has 5 heteroatoms. The zero-order valence-electron chi connectivity index (χ0n) is 10.1. The summed E-state index contributed by atoms with van der Waals surface area (Å²) in [6, 6.07) is 8.76. The predicted octanol–water partition coefficient (Wildman–Crippen LogP) is 3.36. The van der Waals surface area contributed by atoms with Crippen molar-refractivity contribution in [2.24, 2.45) is 0 Å². The lowest BCUT2D eigenvalue weighted by atomic mass is 10.1. The zero-order chi connectivity index (χ0) is 13.4. The molecule has 0 aliphatic carbocycles. The third-order valence-corrected chi connectivity index (χ3v) is 3.71. The van der Waals surface area contributed by atoms with Gasteiger partial charge < -0.3 is 5.11 Å². The predicted molar refractivity (Wildman–Crippen MR) is 74.5 cm³/mol. The molecule has 2 heterocycles. The first-order chi connectivity index (χ1) is 9.15. The van der Waals surface area contributed by atoms with Crippen molar-refractivity contribution in [1.29, 1.82) is 0 Å². The summed E-state index contributed by atoms with van der Waals surface area (Å²) in [4.78, 5) is 19.8. The standard InChI is InChI=1S/C14H10N2O2S/c1-8-15-11-5-6-19-13(11)12(16-8)9-3-2-4-10(7-9)14(17)18/h2-7H,1H3,(H,17,18). The highest BCUT2D eigenvalue weighted by Crippen LogP contribution is 2.30. The second-order valence-corrected chi connectivity index (χ2v) is 5.06. The number of carboxylic acid groups (broad SMARTS) is 1. The van der Waals surface area contributed by atoms with E-state index in [-0.39, 0.29) is 5.56 Å². The van der Waals surface area contributed by atoms with E-state index in [9.17, 15) is 4.79 Å². The molecule has 0 atom stereocenters. The molecule has 0 radical (unpaired) electrons. The van der Waals surface area contributed by atoms with Crippen molar-refractivity contribution >= 4 is 27.5 Å². The molecule has 0 saturated heterocycles. The van der Waals surface area contributed by atoms with Gasteiger partial charge in [0.2, 0.25) is 0 Å². The van der Waals surface area contributed by atoms with Gasteiger partial charge in [-0.2, -0.15) is 0 Å². The summed E-state index contributed by atoms with van der Waals surface area (Å²) >= 11 is 1.56. The highest BCUT2D eigenvalue weighted by molar-refractivity contribution is 7.17. The Hall–Kier alpha value is -2.27. The van der Waals surface area contributed by atoms with Crippen molar-refractivity contribution in [3.05, 3.63) is 47.1 Å². The Kier molecular flexibility index (Phi) is 2.76. The van der Waals surface area contributed by atoms with Crippen LogP contribution in [-0.2, 0) is 0 Å². The Labute approximate surface area is 113 Å². The molecule has 94 valence electrons. The lowest BCUT2D eigenvalue weighted by molar-refractivity contribution is 0.0697. The first kappa shape index (κ1) is 11.8. The van der Waals surface area contributed by atoms with Crippen LogP contribution in [0.3, 0.4) is 0 Å². The lowest BCUT2D eigenvalue weighted by Crippen LogP contribution is -1.97. The average molecular weight is 270 g/mol. The third kappa shape index (κ3) is 2.08. The maximum absolute atomic E-state index is 11.0. The maximum Gasteiger partial charge on any atom is 0.335 e. The number of hydrogen-bond acceptors (Lipinski definition) is 4. The number of carbonyl (C=O) groups is 1. The van der Waals surface area contributed by atoms with Gasteiger partial charge in [-0.25, -0.2) is 14.8 Å². The molecule has 0 aliphatic rings. The molecular formula is C14H10N2O2S. The number of fused-ring (bicyclic) bond motifs is 1. The molecule has 0 unspecified atom stereocenters. The van der Waals surface area contributed by atoms with Crippen LogP contribution in [0.25, 0.3) is 21.5 Å². The van der Waals surface area contributed by atoms with Crippen LogP contribution >= 0.6 is 11.3 Å². The minimum atomic E-state index is -0.935. The molecule has 1 N–H and O–H groups in total. The van der Waals surface area contributed by atoms with Crippen molar-refractivity contribution in [2.45, 2.75) is 6.92 Å². The lowest BCUT2D eigenvalue weighted by Gasteiger charge is -2.05. The molecule has 2 aromatic heterocycles. The van der Waals surface area contributed by atoms with E-state index in [4.69, 9.17) is 5.11 Å². The van der Waals surface area contributed by atoms with Crippen molar-refractivity contribution in [2.75, 3.05) is 0 Å². The summed E-state index contributed by atoms with van der Waals surface area (Å²) < 4.78 is 0.980. The molecule has 4 nitrogen and oxygen atoms in total. The number of aromatic carboxylic acids is 1. The van der Waals surface area contributed by atoms with Crippen LogP contribution in [0, 0.1) is 6.92 Å². The van der Waals surface area contributed by atoms with Crippen LogP contribution < -0.4 is 0 Å². The van der Waals surface area contributed by atoms with Crippen LogP contribution in [0.1, 0.15) is 16.2 Å². The second-order valence-electron chi connectivity index (χ2n) is 4.14. The van der Waals surface area contributed by atoms with Gasteiger partial charge >= 0.3 is 5.97 Å². The minimum Gasteiger partial charge on any atom is -0.478 e. The van der Waals surface area contributed by atoms with Gasteiger partial charge in [0.05, 0.1) is 21.5 Å². The Bertz CT molecular complexity index is 780. The van der Waals surface area contributed by atoms with Crippen molar-refractivity contribution in [3.8, 4) is 11.3 Å². The van der Waals surface area contributed by atoms with E-state index >= 15 is 0 Å². The van der Waals surface area contributed by atoms with Gasteiger partial charge in [-0.3, -0.25) is 0 Å². The van der Waals surface area contributed by atoms with E-state index in [0.29, 0.717) is 5.82 Å². The van der Waals surface area contributed by atoms with E-state index in [1.807, 2.05) is 24.4 Å². The summed E-state index contributed by atoms with van der Waals surface area (Å²) in [7, 11) is 0. The van der Waals surface area contributed by atoms with E-state index in [2.05, 4.69) is 9.97 Å². The molecule has 0 bridgehead atoms. The number of hydrogen-bond donors (Lipinski definition) is 1. The number of thiophene rings is 1. The Morgan fingerprint density at radius 1 is 1.26 bits per heavy atom. The Morgan fingerprint density at radius 2 is 2.11 bits per heavy atom. The summed E-state index contributed by atoms with van der Waals surface area (Å²) in [5, 5.41) is 11.0. The van der Waals surface area contributed by atoms with Gasteiger partial charge in [0.25, 0.3) is 0 Å². The smallest absolute Gasteiger partial charge is 0.335 e. The van der Waals surface area contributed by atoms with E-state index in [0.717, 1.165) is 21.5 Å². The van der Waals surface area contributed by atoms with Crippen LogP contribution in [0.15, 0.2) is 35.7 Å². The molecule has 3 rings (SSSR count). The van der Waals surface area contributed by atoms with E-state index in [1.54, 1.807) is 29.5 Å². The van der Waals surface area contributed by atoms with Gasteiger partial charge in [-0.15, -0.1) is 11.3 Å². The number of aryl methyl sites for hydroxylation is 1. The van der Waals surface area contributed by atoms with Gasteiger partial charge in [0, 0.05) is 5.56 Å². The Morgan fingerprint density at radius 3 is 2.89 bits per heavy atom. The molecule has 0 fully saturated rings. The van der Waals surface area contributed by atoms with E-state index in [1.165, 1.54) is 0 Å². The van der Waals surface area contributed by atoms with Crippen LogP contribution in [0.5, 0.6) is 0 Å². The van der Waals surface area contributed by atoms with Gasteiger partial charge in [0.15, 0.2) is 0 Å². The fourth-order valence-electron chi connectivity index (χ4n) is 1.97. The highest BCUT2D eigenvalue weighted by atomic mass is 32.1. The van der Waals surface area contributed by atoms with Crippen LogP contribution in [0.2, 0.25) is 0 Å². The molecule has 0 aliphatic heterocycles. The zero-order valence-corrected chi connectivity index (χ0v) is 10.9. The molecule has 3 aromatic rings. The third-order valence-electron chi connectivity index (χ3n) is 2.80. The number of aromatic nitrogens is 2. The van der Waals surface area contributed by atoms with Gasteiger partial charge in [-0.05, 0) is 30.5 Å². The number of carboxylic acids is 1. The molecule has 0 saturated carbocycles. The van der Waals surface area contributed by atoms with Crippen LogP contribution in [-0.4, -0.2) is 21.0 Å². The molecule has 0 amide bonds. The van der Waals surface area contributed by atoms with Crippen LogP contribution in [0.4, 0.5) is 0 Å². The average Bonchev–Trinajstić information content (AvgIpc) is 2.85. The largest absolute Gasteiger partial charge is 0.478 e. The molecular weight excluding hydrogens is 260 g/mol. The normalized spacial score (nSPS) is 10.8. The van der Waals surface area contributed by atoms with Crippen molar-refractivity contribution < 1.29 is 9.90 Å². The SMILES string of the molecule is Cc1nc(-c2cccc(C(=O)O)c2)c2sccc2n1. The molecule has 1 aromatic carbocycles. The Balaban J connectivity index is 2.26. The first-order valence-electron chi connectivity index (χ1n) is 5.71. The maximum atomic E-state index is 11.0. The van der Waals surface area contributed by atoms with Gasteiger partial charge in [0.1, 0.15) is 5.82 Å². The fourth-order valence-corrected chi connectivity index (χ4v) is 2.82. The number of rotatable bonds is 2. The highest BCUT2D eigenvalue weighted by Gasteiger charge is 2.11. The summed E-state index contributed by atoms with van der Waals surface area (Å²) in [6.45, 7) is 1.83. The number of benzene rings is 1. The molecule has 19 heavy (non-hydrogen) atoms. The summed E-state index contributed by atoms with van der Waals surface area (Å²) in [5.74, 6) is -0.253. The summed E-state index contributed by atoms with van der Waals surface area (Å²) in [5.41, 5.74) is 2.75. The van der Waals surface area contributed by atoms with Crippen molar-refractivity contribution in [1.82, 2.24) is 9.97 Å². The van der Waals surface area contributed by atoms with Gasteiger partial charge in [-0.1, -0.05) is 12.1 Å².